The fraction of sp³-hybridized carbons (Fsp3) is 0.462. The van der Waals surface area contributed by atoms with Crippen molar-refractivity contribution in [1.82, 2.24) is 9.78 Å². The van der Waals surface area contributed by atoms with E-state index in [1.54, 1.807) is 4.68 Å². The van der Waals surface area contributed by atoms with Crippen molar-refractivity contribution in [2.24, 2.45) is 12.8 Å². The topological polar surface area (TPSA) is 57.0 Å². The predicted molar refractivity (Wildman–Crippen MR) is 65.5 cm³/mol. The molecule has 1 aliphatic rings. The van der Waals surface area contributed by atoms with Crippen LogP contribution in [0.5, 0.6) is 0 Å². The largest absolute Gasteiger partial charge is 0.460 e. The fourth-order valence-electron chi connectivity index (χ4n) is 2.70. The van der Waals surface area contributed by atoms with Gasteiger partial charge in [-0.15, -0.1) is 0 Å². The molecule has 2 aromatic heterocycles. The summed E-state index contributed by atoms with van der Waals surface area (Å²) in [4.78, 5) is 0. The SMILES string of the molecule is Cc1c(-c2cnn(C)c2)oc2c1C(N)CCC2. The second-order valence-electron chi connectivity index (χ2n) is 4.79. The normalized spacial score (nSPS) is 19.4. The highest BCUT2D eigenvalue weighted by Gasteiger charge is 2.26. The summed E-state index contributed by atoms with van der Waals surface area (Å²) < 4.78 is 7.76. The quantitative estimate of drug-likeness (QED) is 0.819. The minimum atomic E-state index is 0.132. The zero-order valence-corrected chi connectivity index (χ0v) is 10.2. The molecule has 2 N–H and O–H groups in total. The Balaban J connectivity index is 2.13. The van der Waals surface area contributed by atoms with Gasteiger partial charge in [0.15, 0.2) is 0 Å². The Hall–Kier alpha value is -1.55. The number of hydrogen-bond donors (Lipinski definition) is 1. The number of aromatic nitrogens is 2. The first-order valence-corrected chi connectivity index (χ1v) is 6.03. The van der Waals surface area contributed by atoms with Crippen LogP contribution >= 0.6 is 0 Å². The third-order valence-electron chi connectivity index (χ3n) is 3.53. The molecule has 0 spiro atoms. The van der Waals surface area contributed by atoms with Crippen molar-refractivity contribution in [1.29, 1.82) is 0 Å². The van der Waals surface area contributed by atoms with Crippen LogP contribution < -0.4 is 5.73 Å². The molecule has 0 amide bonds. The lowest BCUT2D eigenvalue weighted by Crippen LogP contribution is -2.16. The van der Waals surface area contributed by atoms with E-state index in [1.165, 1.54) is 11.1 Å². The summed E-state index contributed by atoms with van der Waals surface area (Å²) in [5.41, 5.74) is 9.60. The first kappa shape index (κ1) is 10.6. The van der Waals surface area contributed by atoms with Crippen molar-refractivity contribution in [3.8, 4) is 11.3 Å². The number of furan rings is 1. The smallest absolute Gasteiger partial charge is 0.140 e. The number of rotatable bonds is 1. The Kier molecular flexibility index (Phi) is 2.33. The molecule has 3 rings (SSSR count). The van der Waals surface area contributed by atoms with Crippen LogP contribution in [0.3, 0.4) is 0 Å². The Morgan fingerprint density at radius 3 is 3.00 bits per heavy atom. The first-order chi connectivity index (χ1) is 8.16. The highest BCUT2D eigenvalue weighted by atomic mass is 16.3. The van der Waals surface area contributed by atoms with Gasteiger partial charge < -0.3 is 10.2 Å². The van der Waals surface area contributed by atoms with Gasteiger partial charge in [-0.05, 0) is 19.8 Å². The molecule has 0 aromatic carbocycles. The molecule has 0 fully saturated rings. The molecule has 4 nitrogen and oxygen atoms in total. The number of hydrogen-bond acceptors (Lipinski definition) is 3. The third-order valence-corrected chi connectivity index (χ3v) is 3.53. The highest BCUT2D eigenvalue weighted by molar-refractivity contribution is 5.63. The van der Waals surface area contributed by atoms with Gasteiger partial charge in [0.1, 0.15) is 11.5 Å². The number of nitrogens with two attached hydrogens (primary N) is 1. The third kappa shape index (κ3) is 1.60. The molecule has 0 aliphatic heterocycles. The van der Waals surface area contributed by atoms with Crippen LogP contribution in [-0.4, -0.2) is 9.78 Å². The van der Waals surface area contributed by atoms with E-state index in [2.05, 4.69) is 12.0 Å². The van der Waals surface area contributed by atoms with E-state index in [-0.39, 0.29) is 6.04 Å². The van der Waals surface area contributed by atoms with E-state index >= 15 is 0 Å². The molecule has 0 bridgehead atoms. The fourth-order valence-corrected chi connectivity index (χ4v) is 2.70. The van der Waals surface area contributed by atoms with Gasteiger partial charge in [-0.2, -0.15) is 5.10 Å². The van der Waals surface area contributed by atoms with Gasteiger partial charge in [0.2, 0.25) is 0 Å². The van der Waals surface area contributed by atoms with Crippen molar-refractivity contribution in [3.05, 3.63) is 29.3 Å². The van der Waals surface area contributed by atoms with Gasteiger partial charge in [0, 0.05) is 36.8 Å². The van der Waals surface area contributed by atoms with Gasteiger partial charge in [-0.25, -0.2) is 0 Å². The van der Waals surface area contributed by atoms with E-state index in [0.29, 0.717) is 0 Å². The molecule has 2 heterocycles. The molecule has 17 heavy (non-hydrogen) atoms. The van der Waals surface area contributed by atoms with E-state index in [0.717, 1.165) is 36.3 Å². The van der Waals surface area contributed by atoms with Crippen molar-refractivity contribution < 1.29 is 4.42 Å². The maximum Gasteiger partial charge on any atom is 0.140 e. The van der Waals surface area contributed by atoms with Crippen LogP contribution in [0.4, 0.5) is 0 Å². The lowest BCUT2D eigenvalue weighted by atomic mass is 9.91. The molecule has 1 aliphatic carbocycles. The molecule has 1 unspecified atom stereocenters. The number of fused-ring (bicyclic) bond motifs is 1. The molecule has 2 aromatic rings. The number of nitrogens with zero attached hydrogens (tertiary/aromatic N) is 2. The maximum atomic E-state index is 6.16. The van der Waals surface area contributed by atoms with Gasteiger partial charge in [0.25, 0.3) is 0 Å². The summed E-state index contributed by atoms with van der Waals surface area (Å²) in [6, 6.07) is 0.132. The minimum Gasteiger partial charge on any atom is -0.460 e. The van der Waals surface area contributed by atoms with E-state index in [1.807, 2.05) is 19.4 Å². The van der Waals surface area contributed by atoms with Gasteiger partial charge in [-0.3, -0.25) is 4.68 Å². The lowest BCUT2D eigenvalue weighted by molar-refractivity contribution is 0.460. The molecular formula is C13H17N3O. The zero-order valence-electron chi connectivity index (χ0n) is 10.2. The summed E-state index contributed by atoms with van der Waals surface area (Å²) in [6.45, 7) is 2.09. The van der Waals surface area contributed by atoms with Crippen LogP contribution in [0.2, 0.25) is 0 Å². The summed E-state index contributed by atoms with van der Waals surface area (Å²) >= 11 is 0. The molecule has 0 saturated heterocycles. The van der Waals surface area contributed by atoms with Crippen LogP contribution in [0, 0.1) is 6.92 Å². The average molecular weight is 231 g/mol. The van der Waals surface area contributed by atoms with Crippen LogP contribution in [-0.2, 0) is 13.5 Å². The van der Waals surface area contributed by atoms with E-state index < -0.39 is 0 Å². The summed E-state index contributed by atoms with van der Waals surface area (Å²) in [6.07, 6.45) is 6.99. The highest BCUT2D eigenvalue weighted by Crippen LogP contribution is 2.38. The lowest BCUT2D eigenvalue weighted by Gasteiger charge is -2.17. The summed E-state index contributed by atoms with van der Waals surface area (Å²) in [5.74, 6) is 2.00. The Morgan fingerprint density at radius 1 is 1.53 bits per heavy atom. The van der Waals surface area contributed by atoms with Gasteiger partial charge >= 0.3 is 0 Å². The summed E-state index contributed by atoms with van der Waals surface area (Å²) in [7, 11) is 1.91. The van der Waals surface area contributed by atoms with Crippen LogP contribution in [0.15, 0.2) is 16.8 Å². The van der Waals surface area contributed by atoms with Gasteiger partial charge in [-0.1, -0.05) is 0 Å². The van der Waals surface area contributed by atoms with Crippen molar-refractivity contribution >= 4 is 0 Å². The minimum absolute atomic E-state index is 0.132. The van der Waals surface area contributed by atoms with Crippen molar-refractivity contribution in [2.75, 3.05) is 0 Å². The second-order valence-corrected chi connectivity index (χ2v) is 4.79. The van der Waals surface area contributed by atoms with Crippen LogP contribution in [0.25, 0.3) is 11.3 Å². The molecule has 0 radical (unpaired) electrons. The monoisotopic (exact) mass is 231 g/mol. The summed E-state index contributed by atoms with van der Waals surface area (Å²) in [5, 5.41) is 4.18. The maximum absolute atomic E-state index is 6.16. The standard InChI is InChI=1S/C13H17N3O/c1-8-12-10(14)4-3-5-11(12)17-13(8)9-6-15-16(2)7-9/h6-7,10H,3-5,14H2,1-2H3. The van der Waals surface area contributed by atoms with Crippen molar-refractivity contribution in [3.63, 3.8) is 0 Å². The Labute approximate surface area is 100 Å². The Morgan fingerprint density at radius 2 is 2.35 bits per heavy atom. The Bertz CT molecular complexity index is 553. The average Bonchev–Trinajstić information content (AvgIpc) is 2.84. The molecule has 0 saturated carbocycles. The second kappa shape index (κ2) is 3.74. The van der Waals surface area contributed by atoms with Crippen LogP contribution in [0.1, 0.15) is 35.8 Å². The van der Waals surface area contributed by atoms with E-state index in [4.69, 9.17) is 10.2 Å². The predicted octanol–water partition coefficient (Wildman–Crippen LogP) is 2.32. The zero-order chi connectivity index (χ0) is 12.0. The first-order valence-electron chi connectivity index (χ1n) is 6.03. The molecular weight excluding hydrogens is 214 g/mol. The van der Waals surface area contributed by atoms with E-state index in [9.17, 15) is 0 Å². The molecule has 90 valence electrons. The van der Waals surface area contributed by atoms with Crippen molar-refractivity contribution in [2.45, 2.75) is 32.2 Å². The number of aryl methyl sites for hydroxylation is 2. The van der Waals surface area contributed by atoms with Gasteiger partial charge in [0.05, 0.1) is 11.8 Å². The molecule has 1 atom stereocenters. The molecule has 4 heteroatoms.